The van der Waals surface area contributed by atoms with Crippen molar-refractivity contribution in [1.29, 1.82) is 0 Å². The third-order valence-electron chi connectivity index (χ3n) is 4.43. The Morgan fingerprint density at radius 2 is 1.96 bits per heavy atom. The van der Waals surface area contributed by atoms with Crippen molar-refractivity contribution in [2.75, 3.05) is 19.3 Å². The van der Waals surface area contributed by atoms with Crippen LogP contribution in [0, 0.1) is 6.92 Å². The van der Waals surface area contributed by atoms with E-state index in [0.29, 0.717) is 10.8 Å². The monoisotopic (exact) mass is 333 g/mol. The molecule has 1 aliphatic rings. The zero-order chi connectivity index (χ0) is 16.6. The Kier molecular flexibility index (Phi) is 4.29. The van der Waals surface area contributed by atoms with E-state index in [4.69, 9.17) is 0 Å². The van der Waals surface area contributed by atoms with Gasteiger partial charge in [0.05, 0.1) is 10.6 Å². The lowest BCUT2D eigenvalue weighted by Crippen LogP contribution is -2.20. The highest BCUT2D eigenvalue weighted by Gasteiger charge is 2.26. The Labute approximate surface area is 137 Å². The summed E-state index contributed by atoms with van der Waals surface area (Å²) in [5.41, 5.74) is 2.21. The van der Waals surface area contributed by atoms with Crippen LogP contribution in [0.3, 0.4) is 0 Å². The van der Waals surface area contributed by atoms with Gasteiger partial charge >= 0.3 is 0 Å². The van der Waals surface area contributed by atoms with Gasteiger partial charge in [0.25, 0.3) is 0 Å². The van der Waals surface area contributed by atoms with Crippen LogP contribution < -0.4 is 0 Å². The van der Waals surface area contributed by atoms with Crippen molar-refractivity contribution < 1.29 is 8.42 Å². The van der Waals surface area contributed by atoms with E-state index >= 15 is 0 Å². The van der Waals surface area contributed by atoms with Gasteiger partial charge in [0.15, 0.2) is 9.84 Å². The summed E-state index contributed by atoms with van der Waals surface area (Å²) in [5.74, 6) is 1.64. The summed E-state index contributed by atoms with van der Waals surface area (Å²) in [6.45, 7) is 4.92. The van der Waals surface area contributed by atoms with Crippen molar-refractivity contribution in [2.24, 2.45) is 7.05 Å². The zero-order valence-electron chi connectivity index (χ0n) is 13.9. The molecular formula is C17H23N3O2S. The van der Waals surface area contributed by atoms with E-state index in [2.05, 4.69) is 27.7 Å². The van der Waals surface area contributed by atoms with Gasteiger partial charge < -0.3 is 4.57 Å². The molecule has 0 bridgehead atoms. The fourth-order valence-corrected chi connectivity index (χ4v) is 3.93. The molecule has 1 aromatic carbocycles. The Bertz CT molecular complexity index is 794. The van der Waals surface area contributed by atoms with E-state index in [-0.39, 0.29) is 0 Å². The van der Waals surface area contributed by atoms with Crippen LogP contribution in [0.4, 0.5) is 0 Å². The fraction of sp³-hybridized carbons (Fsp3) is 0.471. The molecule has 0 N–H and O–H groups in total. The summed E-state index contributed by atoms with van der Waals surface area (Å²) in [4.78, 5) is 7.43. The quantitative estimate of drug-likeness (QED) is 0.860. The van der Waals surface area contributed by atoms with Crippen molar-refractivity contribution in [1.82, 2.24) is 14.5 Å². The van der Waals surface area contributed by atoms with E-state index in [1.807, 2.05) is 19.1 Å². The number of imidazole rings is 1. The first-order valence-electron chi connectivity index (χ1n) is 7.84. The van der Waals surface area contributed by atoms with Gasteiger partial charge in [-0.25, -0.2) is 13.4 Å². The fourth-order valence-electron chi connectivity index (χ4n) is 3.30. The van der Waals surface area contributed by atoms with Crippen LogP contribution in [-0.2, 0) is 23.4 Å². The minimum absolute atomic E-state index is 0.379. The summed E-state index contributed by atoms with van der Waals surface area (Å²) in [6.07, 6.45) is 4.43. The maximum absolute atomic E-state index is 11.5. The molecule has 23 heavy (non-hydrogen) atoms. The molecule has 1 unspecified atom stereocenters. The highest BCUT2D eigenvalue weighted by atomic mass is 32.2. The number of benzene rings is 1. The predicted octanol–water partition coefficient (Wildman–Crippen LogP) is 2.12. The van der Waals surface area contributed by atoms with Crippen molar-refractivity contribution >= 4 is 9.84 Å². The Hall–Kier alpha value is -1.66. The molecular weight excluding hydrogens is 310 g/mol. The maximum Gasteiger partial charge on any atom is 0.175 e. The molecule has 124 valence electrons. The van der Waals surface area contributed by atoms with Crippen LogP contribution >= 0.6 is 0 Å². The Morgan fingerprint density at radius 1 is 1.26 bits per heavy atom. The first-order valence-corrected chi connectivity index (χ1v) is 9.73. The van der Waals surface area contributed by atoms with Crippen LogP contribution in [0.15, 0.2) is 35.4 Å². The molecule has 5 nitrogen and oxygen atoms in total. The van der Waals surface area contributed by atoms with E-state index in [9.17, 15) is 8.42 Å². The van der Waals surface area contributed by atoms with Gasteiger partial charge in [-0.1, -0.05) is 12.1 Å². The summed E-state index contributed by atoms with van der Waals surface area (Å²) in [5, 5.41) is 0. The summed E-state index contributed by atoms with van der Waals surface area (Å²) < 4.78 is 25.1. The number of aryl methyl sites for hydroxylation is 2. The lowest BCUT2D eigenvalue weighted by Gasteiger charge is -2.16. The summed E-state index contributed by atoms with van der Waals surface area (Å²) in [7, 11) is -1.06. The highest BCUT2D eigenvalue weighted by Crippen LogP contribution is 2.27. The van der Waals surface area contributed by atoms with Crippen molar-refractivity contribution in [3.05, 3.63) is 47.5 Å². The van der Waals surface area contributed by atoms with Crippen LogP contribution in [0.2, 0.25) is 0 Å². The third kappa shape index (κ3) is 3.64. The van der Waals surface area contributed by atoms with E-state index in [1.54, 1.807) is 12.1 Å². The molecule has 0 radical (unpaired) electrons. The average Bonchev–Trinajstić information content (AvgIpc) is 3.05. The lowest BCUT2D eigenvalue weighted by atomic mass is 10.1. The van der Waals surface area contributed by atoms with Crippen LogP contribution in [0.1, 0.15) is 29.4 Å². The van der Waals surface area contributed by atoms with E-state index in [0.717, 1.165) is 43.1 Å². The van der Waals surface area contributed by atoms with Crippen molar-refractivity contribution in [3.8, 4) is 0 Å². The van der Waals surface area contributed by atoms with E-state index < -0.39 is 9.84 Å². The Balaban J connectivity index is 1.65. The predicted molar refractivity (Wildman–Crippen MR) is 90.1 cm³/mol. The smallest absolute Gasteiger partial charge is 0.175 e. The minimum atomic E-state index is -3.12. The largest absolute Gasteiger partial charge is 0.337 e. The molecule has 0 spiro atoms. The number of likely N-dealkylation sites (tertiary alicyclic amines) is 1. The summed E-state index contributed by atoms with van der Waals surface area (Å²) >= 11 is 0. The van der Waals surface area contributed by atoms with Gasteiger partial charge in [0, 0.05) is 38.5 Å². The molecule has 0 amide bonds. The second-order valence-electron chi connectivity index (χ2n) is 6.49. The van der Waals surface area contributed by atoms with Gasteiger partial charge in [-0.3, -0.25) is 4.90 Å². The van der Waals surface area contributed by atoms with Crippen LogP contribution in [-0.4, -0.2) is 42.2 Å². The molecule has 1 atom stereocenters. The molecule has 6 heteroatoms. The zero-order valence-corrected chi connectivity index (χ0v) is 14.7. The standard InChI is InChI=1S/C17H23N3O2S/c1-13-10-19(2)17(18-13)15-8-9-20(12-15)11-14-4-6-16(7-5-14)23(3,21)22/h4-7,10,15H,8-9,11-12H2,1-3H3. The molecule has 1 saturated heterocycles. The van der Waals surface area contributed by atoms with Crippen LogP contribution in [0.5, 0.6) is 0 Å². The lowest BCUT2D eigenvalue weighted by molar-refractivity contribution is 0.325. The Morgan fingerprint density at radius 3 is 2.52 bits per heavy atom. The molecule has 3 rings (SSSR count). The number of hydrogen-bond acceptors (Lipinski definition) is 4. The van der Waals surface area contributed by atoms with Crippen molar-refractivity contribution in [2.45, 2.75) is 30.7 Å². The maximum atomic E-state index is 11.5. The third-order valence-corrected chi connectivity index (χ3v) is 5.56. The topological polar surface area (TPSA) is 55.2 Å². The average molecular weight is 333 g/mol. The molecule has 2 heterocycles. The number of rotatable bonds is 4. The first kappa shape index (κ1) is 16.2. The van der Waals surface area contributed by atoms with Gasteiger partial charge in [0.1, 0.15) is 5.82 Å². The second-order valence-corrected chi connectivity index (χ2v) is 8.50. The first-order chi connectivity index (χ1) is 10.8. The molecule has 0 saturated carbocycles. The normalized spacial score (nSPS) is 19.3. The summed E-state index contributed by atoms with van der Waals surface area (Å²) in [6, 6.07) is 7.21. The SMILES string of the molecule is Cc1cn(C)c(C2CCN(Cc3ccc(S(C)(=O)=O)cc3)C2)n1. The number of nitrogens with zero attached hydrogens (tertiary/aromatic N) is 3. The molecule has 0 aliphatic carbocycles. The minimum Gasteiger partial charge on any atom is -0.337 e. The molecule has 1 aromatic heterocycles. The van der Waals surface area contributed by atoms with E-state index in [1.165, 1.54) is 6.26 Å². The number of sulfone groups is 1. The number of hydrogen-bond donors (Lipinski definition) is 0. The van der Waals surface area contributed by atoms with Gasteiger partial charge in [-0.05, 0) is 37.6 Å². The second kappa shape index (κ2) is 6.09. The van der Waals surface area contributed by atoms with Gasteiger partial charge in [0.2, 0.25) is 0 Å². The molecule has 2 aromatic rings. The van der Waals surface area contributed by atoms with Gasteiger partial charge in [-0.15, -0.1) is 0 Å². The number of aromatic nitrogens is 2. The highest BCUT2D eigenvalue weighted by molar-refractivity contribution is 7.90. The van der Waals surface area contributed by atoms with Gasteiger partial charge in [-0.2, -0.15) is 0 Å². The molecule has 1 fully saturated rings. The van der Waals surface area contributed by atoms with Crippen molar-refractivity contribution in [3.63, 3.8) is 0 Å². The molecule has 1 aliphatic heterocycles. The van der Waals surface area contributed by atoms with Crippen LogP contribution in [0.25, 0.3) is 0 Å².